The van der Waals surface area contributed by atoms with Crippen LogP contribution in [0.5, 0.6) is 0 Å². The zero-order chi connectivity index (χ0) is 14.7. The van der Waals surface area contributed by atoms with E-state index >= 15 is 0 Å². The topological polar surface area (TPSA) is 32.3 Å². The zero-order valence-corrected chi connectivity index (χ0v) is 13.8. The van der Waals surface area contributed by atoms with E-state index in [2.05, 4.69) is 54.8 Å². The lowest BCUT2D eigenvalue weighted by Gasteiger charge is -2.36. The minimum absolute atomic E-state index is 0.856. The van der Waals surface area contributed by atoms with Gasteiger partial charge in [-0.2, -0.15) is 0 Å². The van der Waals surface area contributed by atoms with Crippen molar-refractivity contribution in [1.29, 1.82) is 0 Å². The Morgan fingerprint density at radius 2 is 1.86 bits per heavy atom. The van der Waals surface area contributed by atoms with Gasteiger partial charge in [0.15, 0.2) is 0 Å². The van der Waals surface area contributed by atoms with Crippen molar-refractivity contribution in [2.24, 2.45) is 0 Å². The number of alkyl halides is 1. The number of aryl methyl sites for hydroxylation is 1. The summed E-state index contributed by atoms with van der Waals surface area (Å²) in [5.74, 6) is 2.18. The first-order valence-corrected chi connectivity index (χ1v) is 8.32. The molecule has 5 heteroatoms. The van der Waals surface area contributed by atoms with Crippen LogP contribution in [0.1, 0.15) is 11.1 Å². The molecule has 0 spiro atoms. The molecule has 1 aliphatic heterocycles. The van der Waals surface area contributed by atoms with Gasteiger partial charge in [-0.1, -0.05) is 28.1 Å². The lowest BCUT2D eigenvalue weighted by Crippen LogP contribution is -2.47. The van der Waals surface area contributed by atoms with Crippen LogP contribution in [-0.4, -0.2) is 36.1 Å². The molecule has 0 saturated carbocycles. The summed E-state index contributed by atoms with van der Waals surface area (Å²) in [5.41, 5.74) is 2.47. The third-order valence-corrected chi connectivity index (χ3v) is 4.46. The number of aromatic nitrogens is 2. The van der Waals surface area contributed by atoms with Gasteiger partial charge < -0.3 is 9.80 Å². The van der Waals surface area contributed by atoms with Crippen molar-refractivity contribution < 1.29 is 0 Å². The maximum atomic E-state index is 4.63. The van der Waals surface area contributed by atoms with Crippen molar-refractivity contribution in [3.8, 4) is 0 Å². The van der Waals surface area contributed by atoms with Gasteiger partial charge in [0.2, 0.25) is 0 Å². The SMILES string of the molecule is Cc1cc(CBr)cnc1N1CCN(c2ccccn2)CC1. The molecule has 110 valence electrons. The van der Waals surface area contributed by atoms with Crippen LogP contribution in [0.4, 0.5) is 11.6 Å². The van der Waals surface area contributed by atoms with Crippen LogP contribution in [0.15, 0.2) is 36.7 Å². The number of nitrogens with zero attached hydrogens (tertiary/aromatic N) is 4. The van der Waals surface area contributed by atoms with E-state index in [-0.39, 0.29) is 0 Å². The molecule has 0 aliphatic carbocycles. The average molecular weight is 347 g/mol. The standard InChI is InChI=1S/C16H19BrN4/c1-13-10-14(11-17)12-19-16(13)21-8-6-20(7-9-21)15-4-2-3-5-18-15/h2-5,10,12H,6-9,11H2,1H3. The maximum Gasteiger partial charge on any atom is 0.131 e. The summed E-state index contributed by atoms with van der Waals surface area (Å²) in [4.78, 5) is 13.8. The number of hydrogen-bond acceptors (Lipinski definition) is 4. The van der Waals surface area contributed by atoms with E-state index in [4.69, 9.17) is 0 Å². The fraction of sp³-hybridized carbons (Fsp3) is 0.375. The first kappa shape index (κ1) is 14.3. The average Bonchev–Trinajstić information content (AvgIpc) is 2.56. The molecule has 1 saturated heterocycles. The van der Waals surface area contributed by atoms with Crippen LogP contribution < -0.4 is 9.80 Å². The highest BCUT2D eigenvalue weighted by atomic mass is 79.9. The normalized spacial score (nSPS) is 15.3. The van der Waals surface area contributed by atoms with Crippen LogP contribution in [-0.2, 0) is 5.33 Å². The molecule has 0 amide bonds. The lowest BCUT2D eigenvalue weighted by atomic mass is 10.2. The molecule has 0 radical (unpaired) electrons. The molecule has 4 nitrogen and oxygen atoms in total. The van der Waals surface area contributed by atoms with E-state index in [9.17, 15) is 0 Å². The summed E-state index contributed by atoms with van der Waals surface area (Å²) in [6.45, 7) is 6.08. The monoisotopic (exact) mass is 346 g/mol. The van der Waals surface area contributed by atoms with E-state index in [1.807, 2.05) is 24.5 Å². The summed E-state index contributed by atoms with van der Waals surface area (Å²) in [6, 6.07) is 8.28. The Balaban J connectivity index is 1.68. The van der Waals surface area contributed by atoms with E-state index < -0.39 is 0 Å². The van der Waals surface area contributed by atoms with Crippen molar-refractivity contribution in [2.45, 2.75) is 12.3 Å². The third kappa shape index (κ3) is 3.18. The molecular weight excluding hydrogens is 328 g/mol. The second-order valence-electron chi connectivity index (χ2n) is 5.28. The van der Waals surface area contributed by atoms with Gasteiger partial charge in [-0.15, -0.1) is 0 Å². The van der Waals surface area contributed by atoms with Crippen LogP contribution in [0, 0.1) is 6.92 Å². The highest BCUT2D eigenvalue weighted by molar-refractivity contribution is 9.08. The fourth-order valence-corrected chi connectivity index (χ4v) is 3.02. The van der Waals surface area contributed by atoms with Crippen LogP contribution in [0.3, 0.4) is 0 Å². The van der Waals surface area contributed by atoms with Gasteiger partial charge in [0, 0.05) is 43.9 Å². The molecule has 1 fully saturated rings. The zero-order valence-electron chi connectivity index (χ0n) is 12.2. The summed E-state index contributed by atoms with van der Waals surface area (Å²) >= 11 is 3.48. The molecule has 0 aromatic carbocycles. The molecule has 0 atom stereocenters. The van der Waals surface area contributed by atoms with Crippen molar-refractivity contribution >= 4 is 27.6 Å². The summed E-state index contributed by atoms with van der Waals surface area (Å²) < 4.78 is 0. The van der Waals surface area contributed by atoms with Gasteiger partial charge in [0.25, 0.3) is 0 Å². The molecule has 0 N–H and O–H groups in total. The Morgan fingerprint density at radius 3 is 2.48 bits per heavy atom. The maximum absolute atomic E-state index is 4.63. The molecule has 3 heterocycles. The number of halogens is 1. The predicted octanol–water partition coefficient (Wildman–Crippen LogP) is 3.01. The summed E-state index contributed by atoms with van der Waals surface area (Å²) in [7, 11) is 0. The van der Waals surface area contributed by atoms with Crippen molar-refractivity contribution in [2.75, 3.05) is 36.0 Å². The van der Waals surface area contributed by atoms with E-state index in [1.54, 1.807) is 0 Å². The summed E-state index contributed by atoms with van der Waals surface area (Å²) in [5, 5.41) is 0.856. The van der Waals surface area contributed by atoms with Gasteiger partial charge in [-0.05, 0) is 30.2 Å². The number of anilines is 2. The predicted molar refractivity (Wildman–Crippen MR) is 90.3 cm³/mol. The molecule has 1 aliphatic rings. The van der Waals surface area contributed by atoms with Crippen molar-refractivity contribution in [3.05, 3.63) is 47.8 Å². The molecule has 2 aromatic rings. The number of piperazine rings is 1. The molecule has 3 rings (SSSR count). The number of pyridine rings is 2. The van der Waals surface area contributed by atoms with E-state index in [0.29, 0.717) is 0 Å². The quantitative estimate of drug-likeness (QED) is 0.799. The van der Waals surface area contributed by atoms with E-state index in [1.165, 1.54) is 11.1 Å². The summed E-state index contributed by atoms with van der Waals surface area (Å²) in [6.07, 6.45) is 3.81. The second-order valence-corrected chi connectivity index (χ2v) is 5.84. The van der Waals surface area contributed by atoms with Gasteiger partial charge in [0.1, 0.15) is 11.6 Å². The fourth-order valence-electron chi connectivity index (χ4n) is 2.72. The van der Waals surface area contributed by atoms with Crippen LogP contribution in [0.2, 0.25) is 0 Å². The third-order valence-electron chi connectivity index (χ3n) is 3.81. The molecule has 2 aromatic heterocycles. The van der Waals surface area contributed by atoms with Crippen LogP contribution in [0.25, 0.3) is 0 Å². The Labute approximate surface area is 133 Å². The molecule has 21 heavy (non-hydrogen) atoms. The van der Waals surface area contributed by atoms with Gasteiger partial charge in [-0.3, -0.25) is 0 Å². The van der Waals surface area contributed by atoms with Gasteiger partial charge in [0.05, 0.1) is 0 Å². The largest absolute Gasteiger partial charge is 0.353 e. The number of rotatable bonds is 3. The van der Waals surface area contributed by atoms with Gasteiger partial charge >= 0.3 is 0 Å². The van der Waals surface area contributed by atoms with Crippen LogP contribution >= 0.6 is 15.9 Å². The van der Waals surface area contributed by atoms with Crippen molar-refractivity contribution in [3.63, 3.8) is 0 Å². The Bertz CT molecular complexity index is 594. The second kappa shape index (κ2) is 6.43. The molecular formula is C16H19BrN4. The lowest BCUT2D eigenvalue weighted by molar-refractivity contribution is 0.640. The minimum Gasteiger partial charge on any atom is -0.353 e. The molecule has 0 unspecified atom stereocenters. The Morgan fingerprint density at radius 1 is 1.10 bits per heavy atom. The van der Waals surface area contributed by atoms with Crippen molar-refractivity contribution in [1.82, 2.24) is 9.97 Å². The number of hydrogen-bond donors (Lipinski definition) is 0. The molecule has 0 bridgehead atoms. The first-order chi connectivity index (χ1) is 10.3. The Hall–Kier alpha value is -1.62. The first-order valence-electron chi connectivity index (χ1n) is 7.20. The Kier molecular flexibility index (Phi) is 4.39. The van der Waals surface area contributed by atoms with Gasteiger partial charge in [-0.25, -0.2) is 9.97 Å². The minimum atomic E-state index is 0.856. The smallest absolute Gasteiger partial charge is 0.131 e. The highest BCUT2D eigenvalue weighted by Crippen LogP contribution is 2.21. The highest BCUT2D eigenvalue weighted by Gasteiger charge is 2.20. The van der Waals surface area contributed by atoms with E-state index in [0.717, 1.165) is 43.1 Å².